The van der Waals surface area contributed by atoms with E-state index < -0.39 is 0 Å². The zero-order valence-corrected chi connectivity index (χ0v) is 8.13. The molecule has 0 rings (SSSR count). The van der Waals surface area contributed by atoms with Crippen LogP contribution in [0.15, 0.2) is 23.8 Å². The fraction of sp³-hybridized carbons (Fsp3) is 0.500. The Labute approximate surface area is 73.9 Å². The highest BCUT2D eigenvalue weighted by Crippen LogP contribution is 1.98. The zero-order chi connectivity index (χ0) is 9.56. The van der Waals surface area contributed by atoms with Gasteiger partial charge in [0.2, 0.25) is 0 Å². The third kappa shape index (κ3) is 4.72. The van der Waals surface area contributed by atoms with E-state index in [1.54, 1.807) is 13.0 Å². The smallest absolute Gasteiger partial charge is 0.333 e. The molecule has 0 heterocycles. The molecular weight excluding hydrogens is 152 g/mol. The van der Waals surface area contributed by atoms with E-state index in [9.17, 15) is 4.79 Å². The minimum absolute atomic E-state index is 0.275. The van der Waals surface area contributed by atoms with Gasteiger partial charge in [0.05, 0.1) is 7.11 Å². The summed E-state index contributed by atoms with van der Waals surface area (Å²) in [6.45, 7) is 5.89. The number of rotatable bonds is 3. The molecule has 0 atom stereocenters. The van der Waals surface area contributed by atoms with E-state index in [-0.39, 0.29) is 5.97 Å². The fourth-order valence-electron chi connectivity index (χ4n) is 0.651. The molecule has 0 aromatic carbocycles. The number of hydrogen-bond acceptors (Lipinski definition) is 2. The average molecular weight is 168 g/mol. The van der Waals surface area contributed by atoms with Gasteiger partial charge in [-0.25, -0.2) is 4.79 Å². The number of esters is 1. The van der Waals surface area contributed by atoms with Crippen molar-refractivity contribution >= 4 is 5.97 Å². The monoisotopic (exact) mass is 168 g/mol. The molecule has 68 valence electrons. The van der Waals surface area contributed by atoms with E-state index in [0.717, 1.165) is 0 Å². The van der Waals surface area contributed by atoms with E-state index in [4.69, 9.17) is 0 Å². The Balaban J connectivity index is 4.09. The maximum atomic E-state index is 10.9. The van der Waals surface area contributed by atoms with Crippen LogP contribution in [0.25, 0.3) is 0 Å². The lowest BCUT2D eigenvalue weighted by Gasteiger charge is -1.95. The van der Waals surface area contributed by atoms with Crippen LogP contribution in [0.1, 0.15) is 20.8 Å². The van der Waals surface area contributed by atoms with Crippen LogP contribution in [-0.2, 0) is 9.53 Å². The van der Waals surface area contributed by atoms with Crippen LogP contribution in [0, 0.1) is 5.92 Å². The second-order valence-corrected chi connectivity index (χ2v) is 2.97. The minimum Gasteiger partial charge on any atom is -0.466 e. The summed E-state index contributed by atoms with van der Waals surface area (Å²) in [5, 5.41) is 0. The van der Waals surface area contributed by atoms with E-state index in [2.05, 4.69) is 18.6 Å². The maximum absolute atomic E-state index is 10.9. The van der Waals surface area contributed by atoms with Crippen LogP contribution < -0.4 is 0 Å². The van der Waals surface area contributed by atoms with Crippen LogP contribution in [0.4, 0.5) is 0 Å². The van der Waals surface area contributed by atoms with Gasteiger partial charge in [-0.3, -0.25) is 0 Å². The maximum Gasteiger partial charge on any atom is 0.333 e. The largest absolute Gasteiger partial charge is 0.466 e. The van der Waals surface area contributed by atoms with Crippen molar-refractivity contribution in [2.24, 2.45) is 5.92 Å². The molecule has 0 aromatic heterocycles. The van der Waals surface area contributed by atoms with Gasteiger partial charge >= 0.3 is 5.97 Å². The first-order chi connectivity index (χ1) is 5.57. The van der Waals surface area contributed by atoms with Crippen LogP contribution in [0.2, 0.25) is 0 Å². The van der Waals surface area contributed by atoms with Crippen molar-refractivity contribution in [2.45, 2.75) is 20.8 Å². The van der Waals surface area contributed by atoms with Crippen LogP contribution in [0.3, 0.4) is 0 Å². The number of methoxy groups -OCH3 is 1. The minimum atomic E-state index is -0.275. The van der Waals surface area contributed by atoms with Gasteiger partial charge in [0.15, 0.2) is 0 Å². The normalized spacial score (nSPS) is 12.6. The molecule has 0 aliphatic heterocycles. The molecule has 0 aromatic rings. The first-order valence-electron chi connectivity index (χ1n) is 4.01. The number of carbonyl (C=O) groups is 1. The molecule has 0 aliphatic rings. The van der Waals surface area contributed by atoms with Gasteiger partial charge < -0.3 is 4.74 Å². The molecule has 12 heavy (non-hydrogen) atoms. The molecule has 0 radical (unpaired) electrons. The van der Waals surface area contributed by atoms with Gasteiger partial charge in [-0.2, -0.15) is 0 Å². The Morgan fingerprint density at radius 2 is 2.00 bits per heavy atom. The van der Waals surface area contributed by atoms with Crippen molar-refractivity contribution in [3.8, 4) is 0 Å². The molecule has 0 fully saturated rings. The molecule has 0 amide bonds. The summed E-state index contributed by atoms with van der Waals surface area (Å²) in [5.41, 5.74) is 0.620. The lowest BCUT2D eigenvalue weighted by atomic mass is 10.2. The van der Waals surface area contributed by atoms with Crippen molar-refractivity contribution in [1.82, 2.24) is 0 Å². The lowest BCUT2D eigenvalue weighted by Crippen LogP contribution is -2.00. The Morgan fingerprint density at radius 3 is 2.42 bits per heavy atom. The Bertz CT molecular complexity index is 200. The van der Waals surface area contributed by atoms with E-state index >= 15 is 0 Å². The predicted molar refractivity (Wildman–Crippen MR) is 49.8 cm³/mol. The fourth-order valence-corrected chi connectivity index (χ4v) is 0.651. The van der Waals surface area contributed by atoms with Gasteiger partial charge in [-0.1, -0.05) is 32.1 Å². The highest BCUT2D eigenvalue weighted by molar-refractivity contribution is 5.87. The highest BCUT2D eigenvalue weighted by Gasteiger charge is 1.99. The van der Waals surface area contributed by atoms with Crippen LogP contribution in [-0.4, -0.2) is 13.1 Å². The predicted octanol–water partition coefficient (Wildman–Crippen LogP) is 2.32. The molecule has 0 saturated carbocycles. The number of ether oxygens (including phenoxy) is 1. The molecule has 0 aliphatic carbocycles. The van der Waals surface area contributed by atoms with Gasteiger partial charge in [-0.15, -0.1) is 0 Å². The van der Waals surface area contributed by atoms with E-state index in [1.165, 1.54) is 7.11 Å². The number of allylic oxidation sites excluding steroid dienone is 3. The number of carbonyl (C=O) groups excluding carboxylic acids is 1. The topological polar surface area (TPSA) is 26.3 Å². The molecule has 0 saturated heterocycles. The van der Waals surface area contributed by atoms with Crippen molar-refractivity contribution in [3.63, 3.8) is 0 Å². The molecule has 0 unspecified atom stereocenters. The van der Waals surface area contributed by atoms with E-state index in [0.29, 0.717) is 11.5 Å². The molecule has 2 heteroatoms. The second-order valence-electron chi connectivity index (χ2n) is 2.97. The molecule has 0 bridgehead atoms. The van der Waals surface area contributed by atoms with Crippen LogP contribution >= 0.6 is 0 Å². The molecule has 0 N–H and O–H groups in total. The summed E-state index contributed by atoms with van der Waals surface area (Å²) in [6, 6.07) is 0. The standard InChI is InChI=1S/C10H16O2/c1-8(2)6-5-7-9(3)10(11)12-4/h5-8H,1-4H3/b6-5-,9-7+. The quantitative estimate of drug-likeness (QED) is 0.367. The summed E-state index contributed by atoms with van der Waals surface area (Å²) >= 11 is 0. The SMILES string of the molecule is COC(=O)/C(C)=C/C=C\C(C)C. The highest BCUT2D eigenvalue weighted by atomic mass is 16.5. The summed E-state index contributed by atoms with van der Waals surface area (Å²) in [7, 11) is 1.38. The van der Waals surface area contributed by atoms with Crippen LogP contribution in [0.5, 0.6) is 0 Å². The second kappa shape index (κ2) is 5.58. The summed E-state index contributed by atoms with van der Waals surface area (Å²) in [5.74, 6) is 0.232. The first-order valence-corrected chi connectivity index (χ1v) is 4.01. The lowest BCUT2D eigenvalue weighted by molar-refractivity contribution is -0.136. The van der Waals surface area contributed by atoms with Crippen molar-refractivity contribution in [2.75, 3.05) is 7.11 Å². The van der Waals surface area contributed by atoms with E-state index in [1.807, 2.05) is 12.2 Å². The summed E-state index contributed by atoms with van der Waals surface area (Å²) in [4.78, 5) is 10.9. The van der Waals surface area contributed by atoms with Crippen molar-refractivity contribution < 1.29 is 9.53 Å². The van der Waals surface area contributed by atoms with Gasteiger partial charge in [-0.05, 0) is 12.8 Å². The van der Waals surface area contributed by atoms with Gasteiger partial charge in [0.25, 0.3) is 0 Å². The average Bonchev–Trinajstić information content (AvgIpc) is 2.02. The third-order valence-electron chi connectivity index (χ3n) is 1.35. The molecule has 0 spiro atoms. The van der Waals surface area contributed by atoms with Gasteiger partial charge in [0.1, 0.15) is 0 Å². The summed E-state index contributed by atoms with van der Waals surface area (Å²) < 4.78 is 4.53. The Hall–Kier alpha value is -1.05. The Kier molecular flexibility index (Phi) is 5.09. The first kappa shape index (κ1) is 11.0. The molecular formula is C10H16O2. The summed E-state index contributed by atoms with van der Waals surface area (Å²) in [6.07, 6.45) is 5.65. The number of hydrogen-bond donors (Lipinski definition) is 0. The molecule has 2 nitrogen and oxygen atoms in total. The zero-order valence-electron chi connectivity index (χ0n) is 8.13. The Morgan fingerprint density at radius 1 is 1.42 bits per heavy atom. The third-order valence-corrected chi connectivity index (χ3v) is 1.35. The van der Waals surface area contributed by atoms with Gasteiger partial charge in [0, 0.05) is 5.57 Å². The van der Waals surface area contributed by atoms with Crippen molar-refractivity contribution in [3.05, 3.63) is 23.8 Å². The van der Waals surface area contributed by atoms with Crippen molar-refractivity contribution in [1.29, 1.82) is 0 Å².